The first-order chi connectivity index (χ1) is 12.6. The van der Waals surface area contributed by atoms with Crippen molar-refractivity contribution in [3.63, 3.8) is 0 Å². The lowest BCUT2D eigenvalue weighted by Gasteiger charge is -2.18. The molecule has 0 saturated carbocycles. The Bertz CT molecular complexity index is 709. The van der Waals surface area contributed by atoms with Gasteiger partial charge in [-0.1, -0.05) is 6.07 Å². The fourth-order valence-corrected chi connectivity index (χ4v) is 3.48. The average Bonchev–Trinajstić information content (AvgIpc) is 3.04. The number of aliphatic imine (C=N–C) groups is 1. The lowest BCUT2D eigenvalue weighted by molar-refractivity contribution is 0.143. The molecule has 2 aromatic heterocycles. The number of aromatic nitrogens is 1. The Morgan fingerprint density at radius 3 is 2.78 bits per heavy atom. The van der Waals surface area contributed by atoms with Crippen LogP contribution in [0.15, 0.2) is 35.5 Å². The molecule has 0 fully saturated rings. The normalized spacial score (nSPS) is 12.2. The summed E-state index contributed by atoms with van der Waals surface area (Å²) >= 11 is 1.84. The van der Waals surface area contributed by atoms with Gasteiger partial charge in [0.25, 0.3) is 0 Å². The molecule has 150 valence electrons. The molecular weight excluding hydrogens is 475 g/mol. The summed E-state index contributed by atoms with van der Waals surface area (Å²) < 4.78 is 10.7. The Morgan fingerprint density at radius 1 is 1.30 bits per heavy atom. The molecule has 2 rings (SSSR count). The Balaban J connectivity index is 0.00000364. The maximum Gasteiger partial charge on any atom is 0.218 e. The number of guanidine groups is 1. The Kier molecular flexibility index (Phi) is 11.3. The molecule has 0 bridgehead atoms. The van der Waals surface area contributed by atoms with Gasteiger partial charge in [-0.25, -0.2) is 4.98 Å². The first kappa shape index (κ1) is 23.6. The molecule has 0 amide bonds. The average molecular weight is 504 g/mol. The molecule has 8 heteroatoms. The summed E-state index contributed by atoms with van der Waals surface area (Å²) in [5.74, 6) is 1.38. The van der Waals surface area contributed by atoms with Gasteiger partial charge in [-0.05, 0) is 32.0 Å². The van der Waals surface area contributed by atoms with E-state index >= 15 is 0 Å². The second-order valence-electron chi connectivity index (χ2n) is 6.00. The highest BCUT2D eigenvalue weighted by molar-refractivity contribution is 14.0. The number of methoxy groups -OCH3 is 1. The van der Waals surface area contributed by atoms with Crippen molar-refractivity contribution in [2.75, 3.05) is 27.4 Å². The van der Waals surface area contributed by atoms with Gasteiger partial charge >= 0.3 is 0 Å². The largest absolute Gasteiger partial charge is 0.475 e. The van der Waals surface area contributed by atoms with E-state index in [2.05, 4.69) is 46.6 Å². The molecule has 0 aliphatic rings. The van der Waals surface area contributed by atoms with E-state index in [4.69, 9.17) is 9.47 Å². The van der Waals surface area contributed by atoms with E-state index in [-0.39, 0.29) is 30.0 Å². The molecule has 0 aromatic carbocycles. The van der Waals surface area contributed by atoms with Crippen molar-refractivity contribution >= 4 is 41.3 Å². The number of thiophene rings is 1. The molecule has 0 aliphatic carbocycles. The van der Waals surface area contributed by atoms with Crippen LogP contribution in [0.1, 0.15) is 22.2 Å². The van der Waals surface area contributed by atoms with Gasteiger partial charge in [0, 0.05) is 54.7 Å². The number of pyridine rings is 1. The van der Waals surface area contributed by atoms with E-state index < -0.39 is 0 Å². The standard InChI is InChI=1S/C19H28N4O2S.HI/c1-14(12-17-8-7-15(2)26-17)23-19(20-3)22-13-16-6-5-9-21-18(16)25-11-10-24-4;/h5-9,14H,10-13H2,1-4H3,(H2,20,22,23);1H. The zero-order valence-corrected chi connectivity index (χ0v) is 19.5. The summed E-state index contributed by atoms with van der Waals surface area (Å²) in [6.45, 7) is 5.88. The molecule has 0 aliphatic heterocycles. The van der Waals surface area contributed by atoms with Crippen molar-refractivity contribution in [3.05, 3.63) is 45.8 Å². The van der Waals surface area contributed by atoms with Crippen molar-refractivity contribution in [2.45, 2.75) is 32.9 Å². The van der Waals surface area contributed by atoms with E-state index in [1.165, 1.54) is 9.75 Å². The van der Waals surface area contributed by atoms with Crippen LogP contribution in [0.2, 0.25) is 0 Å². The second kappa shape index (κ2) is 12.9. The van der Waals surface area contributed by atoms with Crippen LogP contribution in [-0.4, -0.2) is 44.4 Å². The van der Waals surface area contributed by atoms with Gasteiger partial charge in [0.15, 0.2) is 5.96 Å². The monoisotopic (exact) mass is 504 g/mol. The third kappa shape index (κ3) is 8.44. The minimum Gasteiger partial charge on any atom is -0.475 e. The summed E-state index contributed by atoms with van der Waals surface area (Å²) in [7, 11) is 3.43. The van der Waals surface area contributed by atoms with E-state index in [0.29, 0.717) is 25.6 Å². The summed E-state index contributed by atoms with van der Waals surface area (Å²) in [5.41, 5.74) is 0.980. The van der Waals surface area contributed by atoms with Crippen LogP contribution in [0.5, 0.6) is 5.88 Å². The fraction of sp³-hybridized carbons (Fsp3) is 0.474. The number of hydrogen-bond donors (Lipinski definition) is 2. The Morgan fingerprint density at radius 2 is 2.11 bits per heavy atom. The number of nitrogens with one attached hydrogen (secondary N) is 2. The smallest absolute Gasteiger partial charge is 0.218 e. The third-order valence-corrected chi connectivity index (χ3v) is 4.76. The molecule has 1 atom stereocenters. The zero-order chi connectivity index (χ0) is 18.8. The predicted octanol–water partition coefficient (Wildman–Crippen LogP) is 3.39. The zero-order valence-electron chi connectivity index (χ0n) is 16.3. The lowest BCUT2D eigenvalue weighted by atomic mass is 10.2. The second-order valence-corrected chi connectivity index (χ2v) is 7.37. The van der Waals surface area contributed by atoms with Gasteiger partial charge < -0.3 is 20.1 Å². The van der Waals surface area contributed by atoms with Crippen LogP contribution in [0.3, 0.4) is 0 Å². The summed E-state index contributed by atoms with van der Waals surface area (Å²) in [6.07, 6.45) is 2.70. The highest BCUT2D eigenvalue weighted by atomic mass is 127. The SMILES string of the molecule is CN=C(NCc1cccnc1OCCOC)NC(C)Cc1ccc(C)s1.I. The number of aryl methyl sites for hydroxylation is 1. The molecule has 6 nitrogen and oxygen atoms in total. The fourth-order valence-electron chi connectivity index (χ4n) is 2.46. The van der Waals surface area contributed by atoms with Crippen LogP contribution < -0.4 is 15.4 Å². The van der Waals surface area contributed by atoms with Crippen molar-refractivity contribution in [1.82, 2.24) is 15.6 Å². The first-order valence-corrected chi connectivity index (χ1v) is 9.52. The third-order valence-electron chi connectivity index (χ3n) is 3.73. The van der Waals surface area contributed by atoms with Gasteiger partial charge in [-0.2, -0.15) is 0 Å². The van der Waals surface area contributed by atoms with Crippen LogP contribution in [0.4, 0.5) is 0 Å². The van der Waals surface area contributed by atoms with Crippen molar-refractivity contribution < 1.29 is 9.47 Å². The first-order valence-electron chi connectivity index (χ1n) is 8.70. The van der Waals surface area contributed by atoms with Crippen LogP contribution in [-0.2, 0) is 17.7 Å². The molecule has 2 N–H and O–H groups in total. The van der Waals surface area contributed by atoms with Gasteiger partial charge in [0.2, 0.25) is 5.88 Å². The maximum atomic E-state index is 5.67. The van der Waals surface area contributed by atoms with E-state index in [9.17, 15) is 0 Å². The lowest BCUT2D eigenvalue weighted by Crippen LogP contribution is -2.42. The van der Waals surface area contributed by atoms with Crippen LogP contribution in [0, 0.1) is 6.92 Å². The topological polar surface area (TPSA) is 67.8 Å². The van der Waals surface area contributed by atoms with Gasteiger partial charge in [-0.15, -0.1) is 35.3 Å². The summed E-state index contributed by atoms with van der Waals surface area (Å²) in [4.78, 5) is 11.3. The number of hydrogen-bond acceptors (Lipinski definition) is 5. The van der Waals surface area contributed by atoms with Crippen LogP contribution in [0.25, 0.3) is 0 Å². The Hall–Kier alpha value is -1.39. The highest BCUT2D eigenvalue weighted by Crippen LogP contribution is 2.17. The van der Waals surface area contributed by atoms with E-state index in [1.807, 2.05) is 23.5 Å². The highest BCUT2D eigenvalue weighted by Gasteiger charge is 2.10. The van der Waals surface area contributed by atoms with Gasteiger partial charge in [0.1, 0.15) is 6.61 Å². The minimum atomic E-state index is 0. The molecule has 0 saturated heterocycles. The molecule has 27 heavy (non-hydrogen) atoms. The number of halogens is 1. The molecule has 2 aromatic rings. The quantitative estimate of drug-likeness (QED) is 0.237. The minimum absolute atomic E-state index is 0. The molecule has 0 radical (unpaired) electrons. The molecule has 2 heterocycles. The number of rotatable bonds is 9. The van der Waals surface area contributed by atoms with Gasteiger partial charge in [0.05, 0.1) is 6.61 Å². The van der Waals surface area contributed by atoms with Gasteiger partial charge in [-0.3, -0.25) is 4.99 Å². The van der Waals surface area contributed by atoms with E-state index in [0.717, 1.165) is 17.9 Å². The Labute approximate surface area is 182 Å². The summed E-state index contributed by atoms with van der Waals surface area (Å²) in [5, 5.41) is 6.76. The van der Waals surface area contributed by atoms with Crippen molar-refractivity contribution in [2.24, 2.45) is 4.99 Å². The molecule has 1 unspecified atom stereocenters. The van der Waals surface area contributed by atoms with E-state index in [1.54, 1.807) is 20.4 Å². The molecular formula is C19H29IN4O2S. The molecule has 0 spiro atoms. The predicted molar refractivity (Wildman–Crippen MR) is 123 cm³/mol. The summed E-state index contributed by atoms with van der Waals surface area (Å²) in [6, 6.07) is 8.53. The maximum absolute atomic E-state index is 5.67. The number of ether oxygens (including phenoxy) is 2. The van der Waals surface area contributed by atoms with Crippen molar-refractivity contribution in [3.8, 4) is 5.88 Å². The van der Waals surface area contributed by atoms with Crippen LogP contribution >= 0.6 is 35.3 Å². The van der Waals surface area contributed by atoms with Crippen molar-refractivity contribution in [1.29, 1.82) is 0 Å². The number of nitrogens with zero attached hydrogens (tertiary/aromatic N) is 2.